The average Bonchev–Trinajstić information content (AvgIpc) is 1.60. The van der Waals surface area contributed by atoms with Gasteiger partial charge in [0.15, 0.2) is 0 Å². The van der Waals surface area contributed by atoms with Crippen molar-refractivity contribution < 1.29 is 37.5 Å². The van der Waals surface area contributed by atoms with Crippen LogP contribution in [0.5, 0.6) is 0 Å². The van der Waals surface area contributed by atoms with E-state index in [0.717, 1.165) is 222 Å². The second-order valence-corrected chi connectivity index (χ2v) is 36.9. The van der Waals surface area contributed by atoms with Crippen molar-refractivity contribution in [3.8, 4) is 77.9 Å². The summed E-state index contributed by atoms with van der Waals surface area (Å²) in [7, 11) is 1.40. The number of hydrogen-bond donors (Lipinski definition) is 1. The van der Waals surface area contributed by atoms with Crippen LogP contribution in [-0.4, -0.2) is 103 Å². The molecule has 714 valence electrons. The zero-order valence-corrected chi connectivity index (χ0v) is 83.4. The summed E-state index contributed by atoms with van der Waals surface area (Å²) in [4.78, 5) is 61.6. The maximum Gasteiger partial charge on any atom is 0.309 e. The molecule has 23 aromatic rings. The lowest BCUT2D eigenvalue weighted by molar-refractivity contribution is -0.140. The van der Waals surface area contributed by atoms with Crippen LogP contribution >= 0.6 is 22.6 Å². The number of hydrogen-bond acceptors (Lipinski definition) is 19. The Bertz CT molecular complexity index is 8290. The van der Waals surface area contributed by atoms with Gasteiger partial charge in [0.05, 0.1) is 108 Å². The Labute approximate surface area is 850 Å². The van der Waals surface area contributed by atoms with Gasteiger partial charge in [-0.2, -0.15) is 0 Å². The number of fused-ring (bicyclic) bond motifs is 4. The first kappa shape index (κ1) is 95.0. The van der Waals surface area contributed by atoms with E-state index in [1.54, 1.807) is 0 Å². The maximum atomic E-state index is 11.8. The topological polar surface area (TPSA) is 291 Å². The van der Waals surface area contributed by atoms with Crippen LogP contribution < -0.4 is 0 Å². The van der Waals surface area contributed by atoms with E-state index < -0.39 is 5.97 Å². The Morgan fingerprint density at radius 1 is 0.310 bits per heavy atom. The van der Waals surface area contributed by atoms with E-state index >= 15 is 0 Å². The number of carboxylic acids is 1. The molecule has 0 aliphatic carbocycles. The van der Waals surface area contributed by atoms with Crippen molar-refractivity contribution in [2.24, 2.45) is 0 Å². The molecule has 0 saturated carbocycles. The zero-order chi connectivity index (χ0) is 99.9. The number of nitrogens with zero attached hydrogens (tertiary/aromatic N) is 16. The normalized spacial score (nSPS) is 12.1. The molecule has 4 unspecified atom stereocenters. The van der Waals surface area contributed by atoms with Crippen molar-refractivity contribution in [3.63, 3.8) is 0 Å². The van der Waals surface area contributed by atoms with E-state index in [1.807, 2.05) is 257 Å². The fourth-order valence-corrected chi connectivity index (χ4v) is 20.1. The quantitative estimate of drug-likeness (QED) is 0.0460. The number of aliphatic carboxylic acids is 1. The predicted octanol–water partition coefficient (Wildman–Crippen LogP) is 26.6. The van der Waals surface area contributed by atoms with Crippen molar-refractivity contribution in [3.05, 3.63) is 477 Å². The van der Waals surface area contributed by atoms with Crippen molar-refractivity contribution in [2.45, 2.75) is 99.3 Å². The number of pyridine rings is 8. The van der Waals surface area contributed by atoms with Crippen LogP contribution in [0.1, 0.15) is 132 Å². The van der Waals surface area contributed by atoms with Gasteiger partial charge in [0, 0.05) is 136 Å². The Morgan fingerprint density at radius 2 is 0.572 bits per heavy atom. The van der Waals surface area contributed by atoms with Crippen molar-refractivity contribution in [1.82, 2.24) is 78.8 Å². The number of rotatable bonds is 23. The highest BCUT2D eigenvalue weighted by Gasteiger charge is 2.31. The summed E-state index contributed by atoms with van der Waals surface area (Å²) in [6, 6.07) is 98.0. The van der Waals surface area contributed by atoms with Crippen molar-refractivity contribution in [2.75, 3.05) is 7.11 Å². The van der Waals surface area contributed by atoms with Crippen LogP contribution in [0.4, 0.5) is 0 Å². The van der Waals surface area contributed by atoms with Gasteiger partial charge in [-0.15, -0.1) is 0 Å². The van der Waals surface area contributed by atoms with E-state index in [2.05, 4.69) is 238 Å². The molecular weight excluding hydrogens is 1920 g/mol. The number of esters is 1. The summed E-state index contributed by atoms with van der Waals surface area (Å²) >= 11 is 2.36. The average molecular weight is 2020 g/mol. The molecule has 0 radical (unpaired) electrons. The van der Waals surface area contributed by atoms with Crippen LogP contribution in [0.3, 0.4) is 0 Å². The van der Waals surface area contributed by atoms with Crippen molar-refractivity contribution in [1.29, 1.82) is 0 Å². The van der Waals surface area contributed by atoms with E-state index in [9.17, 15) is 14.7 Å². The molecule has 23 rings (SSSR count). The minimum absolute atomic E-state index is 0.0170. The van der Waals surface area contributed by atoms with Gasteiger partial charge in [-0.25, -0.2) is 0 Å². The minimum Gasteiger partial charge on any atom is -0.481 e. The van der Waals surface area contributed by atoms with Crippen LogP contribution in [0.15, 0.2) is 384 Å². The van der Waals surface area contributed by atoms with Gasteiger partial charge in [-0.3, -0.25) is 49.5 Å². The number of carbonyl (C=O) groups is 2. The standard InChI is InChI=1S/C33H28N4O3.C32H26N4O3.C31H26N4O.C24H19IN4O/c1-21-31(22(2)40-36-21)26-18-29-32(35-19-26)27(24-14-12-23(13-15-24)17-30(38)39-3)20-37(29)33(25-9-5-4-6-10-25)28-11-7-8-16-34-28;1-20-30(21(2)39-35-20)25-17-28-31(34-18-25)26(23-13-11-22(12-14-23)16-29(37)38)19-36(28)32(24-8-4-3-5-9-24)27-10-6-7-15-33-27;1-20-12-14-23(15-13-20)26-19-35(31(24-9-5-4-6-10-24)27-11-7-8-16-32-27)28-17-25(18-33-30(26)28)29-21(2)34-36-22(29)3;1-15-22(16(2)30-28-15)18-12-21-23(27-13-18)19(25)14-29(21)24(17-8-4-3-5-9-17)20-10-6-7-11-26-20/h4-16,18-20,33H,17H2,1-3H3;3-15,17-19,32H,16H2,1-2H3,(H,37,38);4-19,31H,1-3H3;3-14,24H,1-2H3. The summed E-state index contributed by atoms with van der Waals surface area (Å²) in [6.45, 7) is 17.6. The first-order chi connectivity index (χ1) is 70.7. The molecule has 16 aromatic heterocycles. The highest BCUT2D eigenvalue weighted by molar-refractivity contribution is 14.1. The first-order valence-corrected chi connectivity index (χ1v) is 48.6. The molecule has 0 saturated heterocycles. The molecule has 0 bridgehead atoms. The smallest absolute Gasteiger partial charge is 0.309 e. The molecule has 0 amide bonds. The summed E-state index contributed by atoms with van der Waals surface area (Å²) in [6.07, 6.45) is 23.8. The van der Waals surface area contributed by atoms with Gasteiger partial charge in [-0.1, -0.05) is 245 Å². The fraction of sp³-hybridized carbons (Fsp3) is 0.133. The second kappa shape index (κ2) is 42.1. The minimum atomic E-state index is -0.853. The maximum absolute atomic E-state index is 11.8. The molecular formula is C120H99IN16O8. The molecule has 0 aliphatic heterocycles. The lowest BCUT2D eigenvalue weighted by atomic mass is 10.0. The van der Waals surface area contributed by atoms with Gasteiger partial charge >= 0.3 is 11.9 Å². The third-order valence-electron chi connectivity index (χ3n) is 26.2. The number of carboxylic acid groups (broad SMARTS) is 1. The fourth-order valence-electron chi connectivity index (χ4n) is 19.4. The van der Waals surface area contributed by atoms with Crippen molar-refractivity contribution >= 4 is 78.7 Å². The van der Waals surface area contributed by atoms with Gasteiger partial charge in [0.2, 0.25) is 0 Å². The number of aryl methyl sites for hydroxylation is 9. The lowest BCUT2D eigenvalue weighted by Crippen LogP contribution is -2.13. The Hall–Kier alpha value is -17.6. The largest absolute Gasteiger partial charge is 0.481 e. The third-order valence-corrected chi connectivity index (χ3v) is 27.0. The number of ether oxygens (including phenoxy) is 1. The Morgan fingerprint density at radius 3 is 0.834 bits per heavy atom. The van der Waals surface area contributed by atoms with Crippen LogP contribution in [0, 0.1) is 65.9 Å². The summed E-state index contributed by atoms with van der Waals surface area (Å²) < 4.78 is 36.8. The van der Waals surface area contributed by atoms with Gasteiger partial charge in [0.25, 0.3) is 0 Å². The second-order valence-electron chi connectivity index (χ2n) is 35.8. The number of methoxy groups -OCH3 is 1. The van der Waals surface area contributed by atoms with E-state index in [-0.39, 0.29) is 43.0 Å². The first-order valence-electron chi connectivity index (χ1n) is 47.5. The number of aromatic nitrogens is 16. The number of carbonyl (C=O) groups excluding carboxylic acids is 1. The van der Waals surface area contributed by atoms with E-state index in [0.29, 0.717) is 0 Å². The highest BCUT2D eigenvalue weighted by Crippen LogP contribution is 2.45. The summed E-state index contributed by atoms with van der Waals surface area (Å²) in [5.41, 5.74) is 36.0. The zero-order valence-electron chi connectivity index (χ0n) is 81.2. The van der Waals surface area contributed by atoms with E-state index in [1.165, 1.54) is 18.2 Å². The molecule has 25 heteroatoms. The van der Waals surface area contributed by atoms with Gasteiger partial charge in [0.1, 0.15) is 52.7 Å². The van der Waals surface area contributed by atoms with Crippen LogP contribution in [0.2, 0.25) is 0 Å². The molecule has 145 heavy (non-hydrogen) atoms. The van der Waals surface area contributed by atoms with Crippen LogP contribution in [-0.2, 0) is 27.2 Å². The Balaban J connectivity index is 0.000000118. The molecule has 24 nitrogen and oxygen atoms in total. The number of benzene rings is 7. The molecule has 1 N–H and O–H groups in total. The number of halogens is 1. The molecule has 0 fully saturated rings. The molecule has 16 heterocycles. The SMILES string of the molecule is COC(=O)Cc1ccc(-c2cn(C(c3ccccc3)c3ccccn3)c3cc(-c4c(C)noc4C)cnc23)cc1.Cc1ccc(-c2cn(C(c3ccccc3)c3ccccn3)c3cc(-c4c(C)noc4C)cnc23)cc1.Cc1noc(C)c1-c1cnc2c(-c3ccc(CC(=O)O)cc3)cn(C(c3ccccc3)c3ccccn3)c2c1.Cc1noc(C)c1-c1cnc2c(I)cn(C(c3ccccc3)c3ccccn3)c2c1. The third kappa shape index (κ3) is 19.8. The molecule has 0 aliphatic rings. The molecule has 4 atom stereocenters. The van der Waals surface area contributed by atoms with Gasteiger partial charge in [-0.05, 0) is 208 Å². The molecule has 0 spiro atoms. The summed E-state index contributed by atoms with van der Waals surface area (Å²) in [5.74, 6) is 1.96. The lowest BCUT2D eigenvalue weighted by Gasteiger charge is -2.20. The highest BCUT2D eigenvalue weighted by atomic mass is 127. The predicted molar refractivity (Wildman–Crippen MR) is 571 cm³/mol. The van der Waals surface area contributed by atoms with E-state index in [4.69, 9.17) is 57.7 Å². The monoisotopic (exact) mass is 2020 g/mol. The van der Waals surface area contributed by atoms with Gasteiger partial charge < -0.3 is 46.2 Å². The molecule has 7 aromatic carbocycles. The van der Waals surface area contributed by atoms with Crippen LogP contribution in [0.25, 0.3) is 122 Å². The summed E-state index contributed by atoms with van der Waals surface area (Å²) in [5, 5.41) is 25.8. The Kier molecular flexibility index (Phi) is 27.6.